The van der Waals surface area contributed by atoms with E-state index in [9.17, 15) is 14.4 Å². The van der Waals surface area contributed by atoms with E-state index in [2.05, 4.69) is 5.43 Å². The molecule has 88 valence electrons. The van der Waals surface area contributed by atoms with Crippen LogP contribution in [0.2, 0.25) is 0 Å². The van der Waals surface area contributed by atoms with Crippen molar-refractivity contribution >= 4 is 17.8 Å². The van der Waals surface area contributed by atoms with Crippen LogP contribution in [-0.4, -0.2) is 34.4 Å². The summed E-state index contributed by atoms with van der Waals surface area (Å²) >= 11 is 0. The van der Waals surface area contributed by atoms with Gasteiger partial charge in [-0.2, -0.15) is 0 Å². The highest BCUT2D eigenvalue weighted by molar-refractivity contribution is 5.90. The largest absolute Gasteiger partial charge is 0.481 e. The molecule has 0 aromatic heterocycles. The van der Waals surface area contributed by atoms with Crippen molar-refractivity contribution in [3.63, 3.8) is 0 Å². The van der Waals surface area contributed by atoms with Gasteiger partial charge in [-0.15, -0.1) is 0 Å². The first kappa shape index (κ1) is 10.9. The summed E-state index contributed by atoms with van der Waals surface area (Å²) in [6.45, 7) is 0.523. The van der Waals surface area contributed by atoms with E-state index in [4.69, 9.17) is 5.11 Å². The molecule has 2 rings (SSSR count). The molecule has 2 aliphatic rings. The van der Waals surface area contributed by atoms with Crippen LogP contribution in [0.25, 0.3) is 0 Å². The molecule has 0 spiro atoms. The fourth-order valence-corrected chi connectivity index (χ4v) is 1.90. The number of carbonyl (C=O) groups excluding carboxylic acids is 2. The standard InChI is InChI=1S/C10H14N2O4/c13-8-3-1-2-4-12(8)11-9(14)6-5-7(6)10(15)16/h6-7H,1-5H2,(H,11,14)(H,15,16). The van der Waals surface area contributed by atoms with Gasteiger partial charge in [-0.05, 0) is 19.3 Å². The quantitative estimate of drug-likeness (QED) is 0.694. The number of nitrogens with zero attached hydrogens (tertiary/aromatic N) is 1. The number of carbonyl (C=O) groups is 3. The predicted molar refractivity (Wildman–Crippen MR) is 52.9 cm³/mol. The summed E-state index contributed by atoms with van der Waals surface area (Å²) in [5, 5.41) is 9.98. The van der Waals surface area contributed by atoms with Crippen molar-refractivity contribution in [2.24, 2.45) is 11.8 Å². The topological polar surface area (TPSA) is 86.7 Å². The second-order valence-corrected chi connectivity index (χ2v) is 4.27. The normalized spacial score (nSPS) is 28.8. The zero-order valence-electron chi connectivity index (χ0n) is 8.81. The van der Waals surface area contributed by atoms with Crippen LogP contribution in [0.15, 0.2) is 0 Å². The number of carboxylic acids is 1. The average Bonchev–Trinajstić information content (AvgIpc) is 3.01. The van der Waals surface area contributed by atoms with Crippen LogP contribution < -0.4 is 5.43 Å². The van der Waals surface area contributed by atoms with Gasteiger partial charge < -0.3 is 5.11 Å². The van der Waals surface area contributed by atoms with E-state index in [0.717, 1.165) is 12.8 Å². The molecular formula is C10H14N2O4. The number of rotatable bonds is 3. The van der Waals surface area contributed by atoms with Gasteiger partial charge in [0.2, 0.25) is 11.8 Å². The number of piperidine rings is 1. The van der Waals surface area contributed by atoms with Gasteiger partial charge in [0.25, 0.3) is 0 Å². The van der Waals surface area contributed by atoms with Crippen molar-refractivity contribution in [3.05, 3.63) is 0 Å². The first-order chi connectivity index (χ1) is 7.59. The number of hydrogen-bond donors (Lipinski definition) is 2. The van der Waals surface area contributed by atoms with Crippen LogP contribution in [0.4, 0.5) is 0 Å². The van der Waals surface area contributed by atoms with Gasteiger partial charge in [0, 0.05) is 13.0 Å². The van der Waals surface area contributed by atoms with Gasteiger partial charge in [-0.3, -0.25) is 24.8 Å². The minimum Gasteiger partial charge on any atom is -0.481 e. The van der Waals surface area contributed by atoms with Crippen LogP contribution in [0.1, 0.15) is 25.7 Å². The highest BCUT2D eigenvalue weighted by atomic mass is 16.4. The molecule has 1 saturated carbocycles. The molecule has 6 heteroatoms. The summed E-state index contributed by atoms with van der Waals surface area (Å²) < 4.78 is 0. The summed E-state index contributed by atoms with van der Waals surface area (Å²) in [5.41, 5.74) is 2.50. The molecule has 1 saturated heterocycles. The van der Waals surface area contributed by atoms with Crippen LogP contribution in [-0.2, 0) is 14.4 Å². The first-order valence-corrected chi connectivity index (χ1v) is 5.43. The van der Waals surface area contributed by atoms with Crippen molar-refractivity contribution in [1.29, 1.82) is 0 Å². The Kier molecular flexibility index (Phi) is 2.80. The Balaban J connectivity index is 1.84. The predicted octanol–water partition coefficient (Wildman–Crippen LogP) is -0.249. The summed E-state index contributed by atoms with van der Waals surface area (Å²) in [7, 11) is 0. The van der Waals surface area contributed by atoms with Crippen molar-refractivity contribution in [1.82, 2.24) is 10.4 Å². The molecule has 0 aromatic carbocycles. The van der Waals surface area contributed by atoms with E-state index < -0.39 is 17.8 Å². The lowest BCUT2D eigenvalue weighted by molar-refractivity contribution is -0.145. The molecule has 1 aliphatic carbocycles. The minimum absolute atomic E-state index is 0.0906. The third-order valence-electron chi connectivity index (χ3n) is 3.01. The molecule has 0 bridgehead atoms. The molecule has 0 aromatic rings. The zero-order valence-corrected chi connectivity index (χ0v) is 8.81. The lowest BCUT2D eigenvalue weighted by Crippen LogP contribution is -2.49. The fourth-order valence-electron chi connectivity index (χ4n) is 1.90. The Morgan fingerprint density at radius 3 is 2.62 bits per heavy atom. The Morgan fingerprint density at radius 1 is 1.31 bits per heavy atom. The van der Waals surface area contributed by atoms with Crippen LogP contribution in [0, 0.1) is 11.8 Å². The smallest absolute Gasteiger partial charge is 0.307 e. The molecule has 16 heavy (non-hydrogen) atoms. The summed E-state index contributed by atoms with van der Waals surface area (Å²) in [4.78, 5) is 33.5. The molecule has 2 amide bonds. The maximum Gasteiger partial charge on any atom is 0.307 e. The number of nitrogens with one attached hydrogen (secondary N) is 1. The second kappa shape index (κ2) is 4.11. The first-order valence-electron chi connectivity index (χ1n) is 5.43. The van der Waals surface area contributed by atoms with Crippen LogP contribution >= 0.6 is 0 Å². The maximum absolute atomic E-state index is 11.6. The lowest BCUT2D eigenvalue weighted by Gasteiger charge is -2.26. The summed E-state index contributed by atoms with van der Waals surface area (Å²) in [6.07, 6.45) is 2.56. The maximum atomic E-state index is 11.6. The third kappa shape index (κ3) is 2.15. The molecule has 2 fully saturated rings. The van der Waals surface area contributed by atoms with E-state index in [1.165, 1.54) is 5.01 Å². The monoisotopic (exact) mass is 226 g/mol. The molecule has 2 N–H and O–H groups in total. The zero-order chi connectivity index (χ0) is 11.7. The summed E-state index contributed by atoms with van der Waals surface area (Å²) in [6, 6.07) is 0. The van der Waals surface area contributed by atoms with E-state index in [0.29, 0.717) is 19.4 Å². The number of hydrazine groups is 1. The van der Waals surface area contributed by atoms with Crippen molar-refractivity contribution < 1.29 is 19.5 Å². The van der Waals surface area contributed by atoms with Crippen molar-refractivity contribution in [3.8, 4) is 0 Å². The number of hydrogen-bond acceptors (Lipinski definition) is 3. The lowest BCUT2D eigenvalue weighted by atomic mass is 10.1. The molecule has 1 aliphatic heterocycles. The SMILES string of the molecule is O=C(O)C1CC1C(=O)NN1CCCCC1=O. The molecule has 2 unspecified atom stereocenters. The Bertz CT molecular complexity index is 342. The van der Waals surface area contributed by atoms with E-state index in [1.807, 2.05) is 0 Å². The van der Waals surface area contributed by atoms with Crippen LogP contribution in [0.5, 0.6) is 0 Å². The van der Waals surface area contributed by atoms with Crippen molar-refractivity contribution in [2.45, 2.75) is 25.7 Å². The number of amides is 2. The molecule has 0 radical (unpaired) electrons. The van der Waals surface area contributed by atoms with Crippen molar-refractivity contribution in [2.75, 3.05) is 6.54 Å². The van der Waals surface area contributed by atoms with E-state index >= 15 is 0 Å². The Labute approximate surface area is 92.6 Å². The second-order valence-electron chi connectivity index (χ2n) is 4.27. The average molecular weight is 226 g/mol. The molecule has 6 nitrogen and oxygen atoms in total. The van der Waals surface area contributed by atoms with Gasteiger partial charge in [-0.25, -0.2) is 0 Å². The van der Waals surface area contributed by atoms with Gasteiger partial charge >= 0.3 is 5.97 Å². The number of carboxylic acid groups (broad SMARTS) is 1. The van der Waals surface area contributed by atoms with Gasteiger partial charge in [0.15, 0.2) is 0 Å². The third-order valence-corrected chi connectivity index (χ3v) is 3.01. The molecule has 1 heterocycles. The van der Waals surface area contributed by atoms with E-state index in [1.54, 1.807) is 0 Å². The van der Waals surface area contributed by atoms with E-state index in [-0.39, 0.29) is 11.8 Å². The number of aliphatic carboxylic acids is 1. The molecule has 2 atom stereocenters. The van der Waals surface area contributed by atoms with Crippen LogP contribution in [0.3, 0.4) is 0 Å². The Morgan fingerprint density at radius 2 is 2.06 bits per heavy atom. The Hall–Kier alpha value is -1.59. The minimum atomic E-state index is -0.940. The summed E-state index contributed by atoms with van der Waals surface area (Å²) in [5.74, 6) is -2.41. The molecular weight excluding hydrogens is 212 g/mol. The van der Waals surface area contributed by atoms with Gasteiger partial charge in [0.1, 0.15) is 0 Å². The van der Waals surface area contributed by atoms with Gasteiger partial charge in [0.05, 0.1) is 11.8 Å². The fraction of sp³-hybridized carbons (Fsp3) is 0.700. The highest BCUT2D eigenvalue weighted by Gasteiger charge is 2.48. The highest BCUT2D eigenvalue weighted by Crippen LogP contribution is 2.38. The van der Waals surface area contributed by atoms with Gasteiger partial charge in [-0.1, -0.05) is 0 Å².